The molecule has 0 aromatic rings. The Bertz CT molecular complexity index is 171. The van der Waals surface area contributed by atoms with Crippen LogP contribution in [0.4, 0.5) is 0 Å². The molecule has 0 aliphatic heterocycles. The van der Waals surface area contributed by atoms with E-state index in [0.29, 0.717) is 24.2 Å². The molecule has 0 heterocycles. The maximum Gasteiger partial charge on any atom is 0.00791 e. The van der Waals surface area contributed by atoms with Gasteiger partial charge in [-0.15, -0.1) is 0 Å². The quantitative estimate of drug-likeness (QED) is 0.443. The Balaban J connectivity index is 0. The van der Waals surface area contributed by atoms with Crippen molar-refractivity contribution in [3.05, 3.63) is 0 Å². The monoisotopic (exact) mass is 302 g/mol. The van der Waals surface area contributed by atoms with Gasteiger partial charge in [0.25, 0.3) is 0 Å². The third kappa shape index (κ3) is 28.7. The Morgan fingerprint density at radius 1 is 0.429 bits per heavy atom. The van der Waals surface area contributed by atoms with E-state index in [1.165, 1.54) is 6.42 Å². The summed E-state index contributed by atoms with van der Waals surface area (Å²) in [6.07, 6.45) is 1.22. The SMILES string of the molecule is CC(C)NCCCNC(C)C.CC(C)NCCNC(C)C. The molecule has 0 amide bonds. The Morgan fingerprint density at radius 3 is 0.905 bits per heavy atom. The molecule has 0 aliphatic carbocycles. The minimum Gasteiger partial charge on any atom is -0.314 e. The molecule has 4 N–H and O–H groups in total. The number of hydrogen-bond acceptors (Lipinski definition) is 4. The summed E-state index contributed by atoms with van der Waals surface area (Å²) in [4.78, 5) is 0. The standard InChI is InChI=1S/C9H22N2.C8H20N2/c1-8(2)10-6-5-7-11-9(3)4;1-7(2)9-5-6-10-8(3)4/h8-11H,5-7H2,1-4H3;7-10H,5-6H2,1-4H3. The van der Waals surface area contributed by atoms with Gasteiger partial charge in [0.05, 0.1) is 0 Å². The third-order valence-electron chi connectivity index (χ3n) is 2.69. The lowest BCUT2D eigenvalue weighted by Crippen LogP contribution is -2.34. The zero-order valence-electron chi connectivity index (χ0n) is 15.8. The van der Waals surface area contributed by atoms with Crippen LogP contribution in [0.25, 0.3) is 0 Å². The van der Waals surface area contributed by atoms with Gasteiger partial charge in [-0.25, -0.2) is 0 Å². The van der Waals surface area contributed by atoms with Gasteiger partial charge in [0.15, 0.2) is 0 Å². The van der Waals surface area contributed by atoms with Crippen molar-refractivity contribution < 1.29 is 0 Å². The second-order valence-electron chi connectivity index (χ2n) is 6.79. The molecule has 0 aromatic heterocycles. The van der Waals surface area contributed by atoms with Gasteiger partial charge in [0.2, 0.25) is 0 Å². The molecule has 0 rings (SSSR count). The third-order valence-corrected chi connectivity index (χ3v) is 2.69. The van der Waals surface area contributed by atoms with E-state index in [4.69, 9.17) is 0 Å². The summed E-state index contributed by atoms with van der Waals surface area (Å²) in [5, 5.41) is 13.4. The largest absolute Gasteiger partial charge is 0.314 e. The first-order valence-electron chi connectivity index (χ1n) is 8.69. The molecule has 0 saturated heterocycles. The highest BCUT2D eigenvalue weighted by atomic mass is 15.0. The molecular weight excluding hydrogens is 260 g/mol. The minimum absolute atomic E-state index is 0.606. The fourth-order valence-corrected chi connectivity index (χ4v) is 1.59. The summed E-state index contributed by atoms with van der Waals surface area (Å²) in [7, 11) is 0. The van der Waals surface area contributed by atoms with Crippen molar-refractivity contribution in [1.29, 1.82) is 0 Å². The first-order chi connectivity index (χ1) is 9.75. The van der Waals surface area contributed by atoms with Crippen LogP contribution in [-0.4, -0.2) is 50.3 Å². The van der Waals surface area contributed by atoms with Crippen LogP contribution in [0.15, 0.2) is 0 Å². The van der Waals surface area contributed by atoms with Crippen LogP contribution in [0.1, 0.15) is 61.8 Å². The normalized spacial score (nSPS) is 11.4. The molecule has 0 atom stereocenters. The van der Waals surface area contributed by atoms with E-state index < -0.39 is 0 Å². The fourth-order valence-electron chi connectivity index (χ4n) is 1.59. The van der Waals surface area contributed by atoms with Gasteiger partial charge >= 0.3 is 0 Å². The first kappa shape index (κ1) is 23.1. The van der Waals surface area contributed by atoms with Gasteiger partial charge in [-0.1, -0.05) is 55.4 Å². The number of hydrogen-bond donors (Lipinski definition) is 4. The van der Waals surface area contributed by atoms with E-state index in [0.717, 1.165) is 26.2 Å². The Labute approximate surface area is 134 Å². The van der Waals surface area contributed by atoms with E-state index in [-0.39, 0.29) is 0 Å². The van der Waals surface area contributed by atoms with Crippen molar-refractivity contribution in [2.24, 2.45) is 0 Å². The topological polar surface area (TPSA) is 48.1 Å². The van der Waals surface area contributed by atoms with Crippen LogP contribution in [-0.2, 0) is 0 Å². The molecule has 0 spiro atoms. The maximum absolute atomic E-state index is 3.38. The Morgan fingerprint density at radius 2 is 0.667 bits per heavy atom. The predicted molar refractivity (Wildman–Crippen MR) is 97.2 cm³/mol. The zero-order valence-corrected chi connectivity index (χ0v) is 15.8. The predicted octanol–water partition coefficient (Wildman–Crippen LogP) is 2.35. The molecule has 4 nitrogen and oxygen atoms in total. The molecule has 0 radical (unpaired) electrons. The lowest BCUT2D eigenvalue weighted by Gasteiger charge is -2.10. The molecule has 0 bridgehead atoms. The molecule has 0 saturated carbocycles. The van der Waals surface area contributed by atoms with Crippen molar-refractivity contribution in [1.82, 2.24) is 21.3 Å². The van der Waals surface area contributed by atoms with Gasteiger partial charge in [0, 0.05) is 37.3 Å². The Hall–Kier alpha value is -0.160. The van der Waals surface area contributed by atoms with Crippen molar-refractivity contribution in [3.63, 3.8) is 0 Å². The summed E-state index contributed by atoms with van der Waals surface area (Å²) in [6, 6.07) is 2.45. The summed E-state index contributed by atoms with van der Waals surface area (Å²) in [5.41, 5.74) is 0. The molecule has 21 heavy (non-hydrogen) atoms. The molecule has 0 fully saturated rings. The molecule has 130 valence electrons. The second-order valence-corrected chi connectivity index (χ2v) is 6.79. The average Bonchev–Trinajstić information content (AvgIpc) is 2.34. The van der Waals surface area contributed by atoms with Crippen molar-refractivity contribution in [2.45, 2.75) is 86.0 Å². The van der Waals surface area contributed by atoms with Gasteiger partial charge in [-0.05, 0) is 19.5 Å². The van der Waals surface area contributed by atoms with Crippen LogP contribution >= 0.6 is 0 Å². The Kier molecular flexibility index (Phi) is 17.8. The molecule has 0 aromatic carbocycles. The molecule has 4 heteroatoms. The molecular formula is C17H42N4. The van der Waals surface area contributed by atoms with Crippen molar-refractivity contribution in [2.75, 3.05) is 26.2 Å². The van der Waals surface area contributed by atoms with Crippen LogP contribution in [0.2, 0.25) is 0 Å². The van der Waals surface area contributed by atoms with Crippen LogP contribution in [0.5, 0.6) is 0 Å². The summed E-state index contributed by atoms with van der Waals surface area (Å²) >= 11 is 0. The number of rotatable bonds is 11. The zero-order chi connectivity index (χ0) is 16.7. The fraction of sp³-hybridized carbons (Fsp3) is 1.00. The van der Waals surface area contributed by atoms with E-state index in [9.17, 15) is 0 Å². The number of nitrogens with one attached hydrogen (secondary N) is 4. The highest BCUT2D eigenvalue weighted by Gasteiger charge is 1.93. The second kappa shape index (κ2) is 16.2. The summed E-state index contributed by atoms with van der Waals surface area (Å²) < 4.78 is 0. The van der Waals surface area contributed by atoms with Crippen LogP contribution < -0.4 is 21.3 Å². The van der Waals surface area contributed by atoms with Crippen molar-refractivity contribution in [3.8, 4) is 0 Å². The lowest BCUT2D eigenvalue weighted by molar-refractivity contribution is 0.523. The van der Waals surface area contributed by atoms with E-state index >= 15 is 0 Å². The average molecular weight is 303 g/mol. The molecule has 0 unspecified atom stereocenters. The van der Waals surface area contributed by atoms with E-state index in [1.807, 2.05) is 0 Å². The van der Waals surface area contributed by atoms with Crippen LogP contribution in [0, 0.1) is 0 Å². The summed E-state index contributed by atoms with van der Waals surface area (Å²) in [6.45, 7) is 21.7. The van der Waals surface area contributed by atoms with Crippen LogP contribution in [0.3, 0.4) is 0 Å². The van der Waals surface area contributed by atoms with Gasteiger partial charge in [-0.2, -0.15) is 0 Å². The summed E-state index contributed by atoms with van der Waals surface area (Å²) in [5.74, 6) is 0. The van der Waals surface area contributed by atoms with Gasteiger partial charge in [-0.3, -0.25) is 0 Å². The lowest BCUT2D eigenvalue weighted by atomic mass is 10.3. The van der Waals surface area contributed by atoms with Crippen molar-refractivity contribution >= 4 is 0 Å². The first-order valence-corrected chi connectivity index (χ1v) is 8.69. The minimum atomic E-state index is 0.606. The maximum atomic E-state index is 3.38. The van der Waals surface area contributed by atoms with Gasteiger partial charge in [0.1, 0.15) is 0 Å². The highest BCUT2D eigenvalue weighted by Crippen LogP contribution is 1.81. The van der Waals surface area contributed by atoms with E-state index in [2.05, 4.69) is 76.7 Å². The highest BCUT2D eigenvalue weighted by molar-refractivity contribution is 4.58. The smallest absolute Gasteiger partial charge is 0.00791 e. The molecule has 0 aliphatic rings. The van der Waals surface area contributed by atoms with E-state index in [1.54, 1.807) is 0 Å². The van der Waals surface area contributed by atoms with Gasteiger partial charge < -0.3 is 21.3 Å².